The molecule has 2 amide bonds. The van der Waals surface area contributed by atoms with Crippen LogP contribution in [0.1, 0.15) is 25.3 Å². The van der Waals surface area contributed by atoms with Crippen LogP contribution in [0.25, 0.3) is 0 Å². The molecule has 1 atom stereocenters. The van der Waals surface area contributed by atoms with E-state index in [2.05, 4.69) is 10.6 Å². The first-order valence-electron chi connectivity index (χ1n) is 7.20. The number of hydrogen-bond donors (Lipinski definition) is 2. The number of alkyl carbamates (subject to hydrolysis) is 1. The summed E-state index contributed by atoms with van der Waals surface area (Å²) in [6, 6.07) is 11.3. The van der Waals surface area contributed by atoms with Gasteiger partial charge in [0, 0.05) is 13.0 Å². The number of nitrogens with zero attached hydrogens (tertiary/aromatic N) is 1. The van der Waals surface area contributed by atoms with E-state index in [1.807, 2.05) is 43.3 Å². The van der Waals surface area contributed by atoms with Crippen molar-refractivity contribution in [3.05, 3.63) is 35.9 Å². The summed E-state index contributed by atoms with van der Waals surface area (Å²) >= 11 is 0. The van der Waals surface area contributed by atoms with Gasteiger partial charge in [-0.3, -0.25) is 4.79 Å². The van der Waals surface area contributed by atoms with Crippen LogP contribution in [0.3, 0.4) is 0 Å². The molecule has 0 bridgehead atoms. The number of carbonyl (C=O) groups is 2. The number of rotatable bonds is 8. The topological polar surface area (TPSA) is 91.2 Å². The van der Waals surface area contributed by atoms with Gasteiger partial charge in [0.1, 0.15) is 13.2 Å². The van der Waals surface area contributed by atoms with E-state index in [-0.39, 0.29) is 25.0 Å². The Morgan fingerprint density at radius 1 is 1.27 bits per heavy atom. The molecule has 0 radical (unpaired) electrons. The van der Waals surface area contributed by atoms with Gasteiger partial charge in [-0.2, -0.15) is 5.26 Å². The van der Waals surface area contributed by atoms with Gasteiger partial charge in [-0.1, -0.05) is 37.3 Å². The molecule has 0 saturated heterocycles. The molecule has 0 aliphatic carbocycles. The average Bonchev–Trinajstić information content (AvgIpc) is 2.52. The molecule has 0 aliphatic heterocycles. The van der Waals surface area contributed by atoms with E-state index in [0.29, 0.717) is 19.4 Å². The Kier molecular flexibility index (Phi) is 8.13. The van der Waals surface area contributed by atoms with E-state index in [4.69, 9.17) is 10.00 Å². The van der Waals surface area contributed by atoms with Crippen molar-refractivity contribution < 1.29 is 14.3 Å². The molecule has 118 valence electrons. The maximum absolute atomic E-state index is 11.5. The van der Waals surface area contributed by atoms with Crippen LogP contribution in [0.15, 0.2) is 30.3 Å². The zero-order valence-electron chi connectivity index (χ0n) is 12.7. The van der Waals surface area contributed by atoms with Crippen molar-refractivity contribution in [3.63, 3.8) is 0 Å². The first-order valence-corrected chi connectivity index (χ1v) is 7.20. The summed E-state index contributed by atoms with van der Waals surface area (Å²) < 4.78 is 5.08. The van der Waals surface area contributed by atoms with Gasteiger partial charge in [-0.05, 0) is 17.9 Å². The lowest BCUT2D eigenvalue weighted by atomic mass is 10.0. The van der Waals surface area contributed by atoms with Crippen molar-refractivity contribution >= 4 is 12.0 Å². The molecule has 22 heavy (non-hydrogen) atoms. The second kappa shape index (κ2) is 10.2. The Morgan fingerprint density at radius 3 is 2.68 bits per heavy atom. The van der Waals surface area contributed by atoms with Crippen molar-refractivity contribution in [2.45, 2.75) is 26.4 Å². The molecule has 0 fully saturated rings. The number of amides is 2. The van der Waals surface area contributed by atoms with Crippen molar-refractivity contribution in [2.75, 3.05) is 13.1 Å². The molecular weight excluding hydrogens is 282 g/mol. The molecule has 6 nitrogen and oxygen atoms in total. The third kappa shape index (κ3) is 7.90. The highest BCUT2D eigenvalue weighted by Gasteiger charge is 2.09. The van der Waals surface area contributed by atoms with Crippen molar-refractivity contribution in [1.82, 2.24) is 10.6 Å². The van der Waals surface area contributed by atoms with Gasteiger partial charge in [-0.25, -0.2) is 4.79 Å². The molecule has 0 aromatic heterocycles. The Balaban J connectivity index is 2.11. The summed E-state index contributed by atoms with van der Waals surface area (Å²) in [5, 5.41) is 13.5. The first kappa shape index (κ1) is 17.5. The zero-order valence-corrected chi connectivity index (χ0v) is 12.7. The molecule has 0 spiro atoms. The van der Waals surface area contributed by atoms with E-state index >= 15 is 0 Å². The number of ether oxygens (including phenoxy) is 1. The first-order chi connectivity index (χ1) is 10.6. The van der Waals surface area contributed by atoms with Crippen LogP contribution in [0, 0.1) is 17.2 Å². The van der Waals surface area contributed by atoms with E-state index in [0.717, 1.165) is 5.56 Å². The second-order valence-electron chi connectivity index (χ2n) is 5.02. The molecule has 6 heteroatoms. The van der Waals surface area contributed by atoms with Gasteiger partial charge >= 0.3 is 6.09 Å². The fourth-order valence-corrected chi connectivity index (χ4v) is 1.82. The fraction of sp³-hybridized carbons (Fsp3) is 0.438. The van der Waals surface area contributed by atoms with Crippen LogP contribution < -0.4 is 10.6 Å². The minimum atomic E-state index is -0.468. The SMILES string of the molecule is C[C@@H](CCNC(=O)OCc1ccccc1)CC(=O)NCC#N. The third-order valence-corrected chi connectivity index (χ3v) is 3.02. The van der Waals surface area contributed by atoms with Crippen LogP contribution in [0.5, 0.6) is 0 Å². The number of carbonyl (C=O) groups excluding carboxylic acids is 2. The summed E-state index contributed by atoms with van der Waals surface area (Å²) in [7, 11) is 0. The fourth-order valence-electron chi connectivity index (χ4n) is 1.82. The zero-order chi connectivity index (χ0) is 16.2. The minimum absolute atomic E-state index is 0.0234. The highest BCUT2D eigenvalue weighted by atomic mass is 16.5. The Hall–Kier alpha value is -2.55. The van der Waals surface area contributed by atoms with E-state index in [1.54, 1.807) is 0 Å². The molecule has 2 N–H and O–H groups in total. The summed E-state index contributed by atoms with van der Waals surface area (Å²) in [5.74, 6) is -0.0335. The Labute approximate surface area is 130 Å². The highest BCUT2D eigenvalue weighted by molar-refractivity contribution is 5.76. The maximum atomic E-state index is 11.5. The lowest BCUT2D eigenvalue weighted by molar-refractivity contribution is -0.121. The second-order valence-corrected chi connectivity index (χ2v) is 5.02. The van der Waals surface area contributed by atoms with E-state index in [9.17, 15) is 9.59 Å². The molecule has 0 saturated carbocycles. The van der Waals surface area contributed by atoms with Gasteiger partial charge in [0.25, 0.3) is 0 Å². The van der Waals surface area contributed by atoms with Crippen LogP contribution in [0.4, 0.5) is 4.79 Å². The van der Waals surface area contributed by atoms with Crippen molar-refractivity contribution in [1.29, 1.82) is 5.26 Å². The van der Waals surface area contributed by atoms with Gasteiger partial charge in [0.2, 0.25) is 5.91 Å². The monoisotopic (exact) mass is 303 g/mol. The van der Waals surface area contributed by atoms with Gasteiger partial charge in [-0.15, -0.1) is 0 Å². The predicted octanol–water partition coefficient (Wildman–Crippen LogP) is 1.97. The molecule has 1 aromatic carbocycles. The summed E-state index contributed by atoms with van der Waals surface area (Å²) in [4.78, 5) is 22.9. The molecular formula is C16H21N3O3. The van der Waals surface area contributed by atoms with Crippen LogP contribution >= 0.6 is 0 Å². The maximum Gasteiger partial charge on any atom is 0.407 e. The third-order valence-electron chi connectivity index (χ3n) is 3.02. The Bertz CT molecular complexity index is 511. The van der Waals surface area contributed by atoms with E-state index < -0.39 is 6.09 Å². The molecule has 1 aromatic rings. The molecule has 0 heterocycles. The quantitative estimate of drug-likeness (QED) is 0.718. The van der Waals surface area contributed by atoms with Crippen molar-refractivity contribution in [2.24, 2.45) is 5.92 Å². The van der Waals surface area contributed by atoms with Crippen LogP contribution in [-0.2, 0) is 16.1 Å². The number of hydrogen-bond acceptors (Lipinski definition) is 4. The number of benzene rings is 1. The van der Waals surface area contributed by atoms with Gasteiger partial charge in [0.15, 0.2) is 0 Å². The van der Waals surface area contributed by atoms with Crippen molar-refractivity contribution in [3.8, 4) is 6.07 Å². The normalized spacial score (nSPS) is 11.1. The average molecular weight is 303 g/mol. The summed E-state index contributed by atoms with van der Waals surface area (Å²) in [6.07, 6.45) is 0.535. The van der Waals surface area contributed by atoms with Crippen LogP contribution in [0.2, 0.25) is 0 Å². The van der Waals surface area contributed by atoms with E-state index in [1.165, 1.54) is 0 Å². The van der Waals surface area contributed by atoms with Gasteiger partial charge in [0.05, 0.1) is 6.07 Å². The molecule has 1 rings (SSSR count). The molecule has 0 unspecified atom stereocenters. The largest absolute Gasteiger partial charge is 0.445 e. The standard InChI is InChI=1S/C16H21N3O3/c1-13(11-15(20)18-10-8-17)7-9-19-16(21)22-12-14-5-3-2-4-6-14/h2-6,13H,7,9-12H2,1H3,(H,18,20)(H,19,21)/t13-/m0/s1. The minimum Gasteiger partial charge on any atom is -0.445 e. The summed E-state index contributed by atoms with van der Waals surface area (Å²) in [6.45, 7) is 2.62. The van der Waals surface area contributed by atoms with Gasteiger partial charge < -0.3 is 15.4 Å². The summed E-state index contributed by atoms with van der Waals surface area (Å²) in [5.41, 5.74) is 0.931. The smallest absolute Gasteiger partial charge is 0.407 e. The lowest BCUT2D eigenvalue weighted by Crippen LogP contribution is -2.28. The number of nitriles is 1. The lowest BCUT2D eigenvalue weighted by Gasteiger charge is -2.11. The predicted molar refractivity (Wildman–Crippen MR) is 81.7 cm³/mol. The number of nitrogens with one attached hydrogen (secondary N) is 2. The van der Waals surface area contributed by atoms with Crippen LogP contribution in [-0.4, -0.2) is 25.1 Å². The highest BCUT2D eigenvalue weighted by Crippen LogP contribution is 2.06. The Morgan fingerprint density at radius 2 is 2.00 bits per heavy atom. The molecule has 0 aliphatic rings.